The Morgan fingerprint density at radius 3 is 2.79 bits per heavy atom. The minimum Gasteiger partial charge on any atom is -0.338 e. The molecule has 2 heterocycles. The van der Waals surface area contributed by atoms with Crippen molar-refractivity contribution in [3.63, 3.8) is 0 Å². The number of carbonyl (C=O) groups is 1. The molecule has 1 fully saturated rings. The lowest BCUT2D eigenvalue weighted by molar-refractivity contribution is 0.233. The number of H-pyrrole nitrogens is 1. The topological polar surface area (TPSA) is 86.9 Å². The minimum atomic E-state index is -0.131. The minimum absolute atomic E-state index is 0.0940. The van der Waals surface area contributed by atoms with E-state index in [4.69, 9.17) is 0 Å². The van der Waals surface area contributed by atoms with E-state index in [0.29, 0.717) is 30.2 Å². The molecule has 0 aromatic carbocycles. The summed E-state index contributed by atoms with van der Waals surface area (Å²) in [4.78, 5) is 33.4. The maximum atomic E-state index is 12.2. The Balaban J connectivity index is 1.55. The molecule has 0 spiro atoms. The number of aromatic nitrogens is 2. The average molecular weight is 348 g/mol. The zero-order chi connectivity index (χ0) is 17.1. The van der Waals surface area contributed by atoms with E-state index in [2.05, 4.69) is 20.6 Å². The van der Waals surface area contributed by atoms with Gasteiger partial charge in [0.15, 0.2) is 0 Å². The second-order valence-corrected chi connectivity index (χ2v) is 7.66. The first kappa shape index (κ1) is 17.0. The third-order valence-corrected chi connectivity index (χ3v) is 5.78. The molecule has 0 aliphatic heterocycles. The highest BCUT2D eigenvalue weighted by Gasteiger charge is 2.15. The number of rotatable bonds is 4. The Morgan fingerprint density at radius 1 is 1.29 bits per heavy atom. The van der Waals surface area contributed by atoms with Crippen molar-refractivity contribution in [3.8, 4) is 0 Å². The molecule has 130 valence electrons. The highest BCUT2D eigenvalue weighted by atomic mass is 32.1. The number of hydrogen-bond acceptors (Lipinski definition) is 4. The van der Waals surface area contributed by atoms with Crippen LogP contribution in [-0.4, -0.2) is 28.6 Å². The van der Waals surface area contributed by atoms with Gasteiger partial charge in [-0.05, 0) is 32.3 Å². The Bertz CT molecular complexity index is 790. The Hall–Kier alpha value is -1.89. The fraction of sp³-hybridized carbons (Fsp3) is 0.588. The standard InChI is InChI=1S/C17H24N4O2S/c1-10-11(2)24-16-14(10)15(22)20-13(21-16)8-9-18-17(23)19-12-6-4-3-5-7-12/h12H,3-9H2,1-2H3,(H2,18,19,23)(H,20,21,22). The Morgan fingerprint density at radius 2 is 2.04 bits per heavy atom. The van der Waals surface area contributed by atoms with Crippen LogP contribution in [0.4, 0.5) is 4.79 Å². The third kappa shape index (κ3) is 3.77. The zero-order valence-electron chi connectivity index (χ0n) is 14.2. The van der Waals surface area contributed by atoms with Crippen LogP contribution in [0, 0.1) is 13.8 Å². The van der Waals surface area contributed by atoms with E-state index < -0.39 is 0 Å². The quantitative estimate of drug-likeness (QED) is 0.794. The maximum Gasteiger partial charge on any atom is 0.315 e. The Labute approximate surface area is 145 Å². The van der Waals surface area contributed by atoms with Crippen LogP contribution in [0.15, 0.2) is 4.79 Å². The third-order valence-electron chi connectivity index (χ3n) is 4.68. The predicted molar refractivity (Wildman–Crippen MR) is 96.8 cm³/mol. The van der Waals surface area contributed by atoms with E-state index in [1.165, 1.54) is 30.6 Å². The molecule has 0 bridgehead atoms. The molecular weight excluding hydrogens is 324 g/mol. The normalized spacial score (nSPS) is 15.6. The first-order valence-corrected chi connectivity index (χ1v) is 9.39. The fourth-order valence-corrected chi connectivity index (χ4v) is 4.24. The van der Waals surface area contributed by atoms with Gasteiger partial charge in [0, 0.05) is 23.9 Å². The molecule has 6 nitrogen and oxygen atoms in total. The van der Waals surface area contributed by atoms with Crippen molar-refractivity contribution >= 4 is 27.6 Å². The molecule has 0 radical (unpaired) electrons. The van der Waals surface area contributed by atoms with Gasteiger partial charge in [0.2, 0.25) is 0 Å². The number of aromatic amines is 1. The summed E-state index contributed by atoms with van der Waals surface area (Å²) >= 11 is 1.54. The van der Waals surface area contributed by atoms with Crippen molar-refractivity contribution in [2.45, 2.75) is 58.4 Å². The summed E-state index contributed by atoms with van der Waals surface area (Å²) in [5.41, 5.74) is 0.906. The highest BCUT2D eigenvalue weighted by molar-refractivity contribution is 7.18. The van der Waals surface area contributed by atoms with E-state index in [1.54, 1.807) is 0 Å². The monoisotopic (exact) mass is 348 g/mol. The molecule has 1 aliphatic rings. The molecule has 3 rings (SSSR count). The first-order valence-electron chi connectivity index (χ1n) is 8.58. The number of thiophene rings is 1. The summed E-state index contributed by atoms with van der Waals surface area (Å²) in [6.07, 6.45) is 6.29. The summed E-state index contributed by atoms with van der Waals surface area (Å²) in [5.74, 6) is 0.617. The van der Waals surface area contributed by atoms with Gasteiger partial charge >= 0.3 is 6.03 Å². The molecule has 0 atom stereocenters. The van der Waals surface area contributed by atoms with Gasteiger partial charge in [-0.15, -0.1) is 11.3 Å². The number of fused-ring (bicyclic) bond motifs is 1. The van der Waals surface area contributed by atoms with E-state index in [1.807, 2.05) is 13.8 Å². The molecule has 2 aromatic heterocycles. The van der Waals surface area contributed by atoms with Crippen molar-refractivity contribution in [2.75, 3.05) is 6.54 Å². The van der Waals surface area contributed by atoms with Crippen molar-refractivity contribution in [1.82, 2.24) is 20.6 Å². The van der Waals surface area contributed by atoms with Gasteiger partial charge in [-0.3, -0.25) is 4.79 Å². The van der Waals surface area contributed by atoms with Crippen LogP contribution in [0.5, 0.6) is 0 Å². The number of urea groups is 1. The summed E-state index contributed by atoms with van der Waals surface area (Å²) < 4.78 is 0. The molecule has 1 aliphatic carbocycles. The number of amides is 2. The van der Waals surface area contributed by atoms with Crippen LogP contribution in [0.25, 0.3) is 10.2 Å². The SMILES string of the molecule is Cc1sc2nc(CCNC(=O)NC3CCCCC3)[nH]c(=O)c2c1C. The van der Waals surface area contributed by atoms with Gasteiger partial charge in [0.25, 0.3) is 5.56 Å². The first-order chi connectivity index (χ1) is 11.5. The largest absolute Gasteiger partial charge is 0.338 e. The van der Waals surface area contributed by atoms with Gasteiger partial charge in [0.05, 0.1) is 5.39 Å². The molecular formula is C17H24N4O2S. The van der Waals surface area contributed by atoms with Crippen molar-refractivity contribution in [3.05, 3.63) is 26.6 Å². The summed E-state index contributed by atoms with van der Waals surface area (Å²) in [5, 5.41) is 6.55. The number of nitrogens with one attached hydrogen (secondary N) is 3. The van der Waals surface area contributed by atoms with Gasteiger partial charge in [-0.2, -0.15) is 0 Å². The van der Waals surface area contributed by atoms with E-state index in [9.17, 15) is 9.59 Å². The smallest absolute Gasteiger partial charge is 0.315 e. The fourth-order valence-electron chi connectivity index (χ4n) is 3.20. The van der Waals surface area contributed by atoms with Crippen molar-refractivity contribution in [2.24, 2.45) is 0 Å². The lowest BCUT2D eigenvalue weighted by Crippen LogP contribution is -2.43. The summed E-state index contributed by atoms with van der Waals surface area (Å²) in [6.45, 7) is 4.40. The maximum absolute atomic E-state index is 12.2. The summed E-state index contributed by atoms with van der Waals surface area (Å²) in [6, 6.07) is 0.165. The molecule has 0 saturated heterocycles. The Kier molecular flexibility index (Phi) is 5.18. The molecule has 24 heavy (non-hydrogen) atoms. The molecule has 2 amide bonds. The second-order valence-electron chi connectivity index (χ2n) is 6.46. The van der Waals surface area contributed by atoms with Crippen LogP contribution in [0.3, 0.4) is 0 Å². The second kappa shape index (κ2) is 7.34. The molecule has 0 unspecified atom stereocenters. The lowest BCUT2D eigenvalue weighted by Gasteiger charge is -2.22. The van der Waals surface area contributed by atoms with Crippen LogP contribution in [0.2, 0.25) is 0 Å². The predicted octanol–water partition coefficient (Wildman–Crippen LogP) is 2.78. The van der Waals surface area contributed by atoms with Crippen LogP contribution >= 0.6 is 11.3 Å². The van der Waals surface area contributed by atoms with E-state index in [-0.39, 0.29) is 11.6 Å². The van der Waals surface area contributed by atoms with E-state index in [0.717, 1.165) is 28.1 Å². The number of nitrogens with zero attached hydrogens (tertiary/aromatic N) is 1. The number of hydrogen-bond donors (Lipinski definition) is 3. The van der Waals surface area contributed by atoms with Gasteiger partial charge in [-0.1, -0.05) is 19.3 Å². The lowest BCUT2D eigenvalue weighted by atomic mass is 9.96. The molecule has 2 aromatic rings. The zero-order valence-corrected chi connectivity index (χ0v) is 15.0. The van der Waals surface area contributed by atoms with Crippen molar-refractivity contribution < 1.29 is 4.79 Å². The average Bonchev–Trinajstić information content (AvgIpc) is 2.83. The van der Waals surface area contributed by atoms with E-state index >= 15 is 0 Å². The van der Waals surface area contributed by atoms with Gasteiger partial charge in [0.1, 0.15) is 10.7 Å². The van der Waals surface area contributed by atoms with Crippen LogP contribution in [0.1, 0.15) is 48.4 Å². The number of carbonyl (C=O) groups excluding carboxylic acids is 1. The van der Waals surface area contributed by atoms with Gasteiger partial charge in [-0.25, -0.2) is 9.78 Å². The number of aryl methyl sites for hydroxylation is 2. The summed E-state index contributed by atoms with van der Waals surface area (Å²) in [7, 11) is 0. The molecule has 1 saturated carbocycles. The molecule has 7 heteroatoms. The van der Waals surface area contributed by atoms with Crippen LogP contribution in [-0.2, 0) is 6.42 Å². The van der Waals surface area contributed by atoms with Crippen molar-refractivity contribution in [1.29, 1.82) is 0 Å². The van der Waals surface area contributed by atoms with Crippen LogP contribution < -0.4 is 16.2 Å². The molecule has 3 N–H and O–H groups in total. The highest BCUT2D eigenvalue weighted by Crippen LogP contribution is 2.25. The van der Waals surface area contributed by atoms with Gasteiger partial charge < -0.3 is 15.6 Å².